The van der Waals surface area contributed by atoms with E-state index < -0.39 is 27.6 Å². The van der Waals surface area contributed by atoms with Gasteiger partial charge in [-0.25, -0.2) is 17.2 Å². The highest BCUT2D eigenvalue weighted by Crippen LogP contribution is 2.19. The fourth-order valence-electron chi connectivity index (χ4n) is 1.26. The van der Waals surface area contributed by atoms with Crippen LogP contribution in [0.2, 0.25) is 0 Å². The molecular weight excluding hydrogens is 238 g/mol. The second-order valence-corrected chi connectivity index (χ2v) is 5.90. The van der Waals surface area contributed by atoms with Crippen LogP contribution in [-0.4, -0.2) is 25.5 Å². The average Bonchev–Trinajstić information content (AvgIpc) is 2.11. The van der Waals surface area contributed by atoms with Crippen molar-refractivity contribution in [3.63, 3.8) is 0 Å². The van der Waals surface area contributed by atoms with Crippen LogP contribution in [0.4, 0.5) is 8.78 Å². The molecule has 0 spiro atoms. The molecule has 0 aliphatic rings. The van der Waals surface area contributed by atoms with Gasteiger partial charge in [0.25, 0.3) is 0 Å². The number of aliphatic hydroxyl groups excluding tert-OH is 1. The minimum absolute atomic E-state index is 0.0427. The van der Waals surface area contributed by atoms with Gasteiger partial charge in [-0.1, -0.05) is 0 Å². The van der Waals surface area contributed by atoms with Crippen molar-refractivity contribution in [1.82, 2.24) is 0 Å². The van der Waals surface area contributed by atoms with Crippen LogP contribution in [0.1, 0.15) is 18.1 Å². The molecule has 0 bridgehead atoms. The van der Waals surface area contributed by atoms with Gasteiger partial charge in [-0.05, 0) is 24.1 Å². The average molecular weight is 250 g/mol. The monoisotopic (exact) mass is 250 g/mol. The van der Waals surface area contributed by atoms with Crippen LogP contribution in [0, 0.1) is 11.6 Å². The van der Waals surface area contributed by atoms with E-state index in [0.717, 1.165) is 18.4 Å². The summed E-state index contributed by atoms with van der Waals surface area (Å²) in [5.74, 6) is -1.83. The molecule has 6 heteroatoms. The first-order valence-corrected chi connectivity index (χ1v) is 6.66. The van der Waals surface area contributed by atoms with E-state index >= 15 is 0 Å². The van der Waals surface area contributed by atoms with Crippen LogP contribution in [0.3, 0.4) is 0 Å². The number of rotatable bonds is 4. The molecule has 1 rings (SSSR count). The van der Waals surface area contributed by atoms with Gasteiger partial charge in [0.05, 0.1) is 11.9 Å². The summed E-state index contributed by atoms with van der Waals surface area (Å²) in [6.45, 7) is 0. The summed E-state index contributed by atoms with van der Waals surface area (Å²) >= 11 is 0. The fraction of sp³-hybridized carbons (Fsp3) is 0.400. The predicted molar refractivity (Wildman–Crippen MR) is 55.6 cm³/mol. The molecule has 0 heterocycles. The van der Waals surface area contributed by atoms with Crippen molar-refractivity contribution in [2.45, 2.75) is 12.5 Å². The van der Waals surface area contributed by atoms with Crippen LogP contribution < -0.4 is 0 Å². The molecule has 16 heavy (non-hydrogen) atoms. The molecule has 0 saturated heterocycles. The standard InChI is InChI=1S/C10H12F2O3S/c1-16(14,15)3-2-10(13)7-4-8(11)6-9(12)5-7/h4-6,10,13H,2-3H2,1H3. The van der Waals surface area contributed by atoms with E-state index in [-0.39, 0.29) is 17.7 Å². The molecule has 0 fully saturated rings. The lowest BCUT2D eigenvalue weighted by molar-refractivity contribution is 0.173. The fourth-order valence-corrected chi connectivity index (χ4v) is 1.91. The number of halogens is 2. The maximum absolute atomic E-state index is 12.8. The predicted octanol–water partition coefficient (Wildman–Crippen LogP) is 1.43. The molecule has 3 nitrogen and oxygen atoms in total. The van der Waals surface area contributed by atoms with E-state index in [1.807, 2.05) is 0 Å². The molecule has 1 unspecified atom stereocenters. The number of hydrogen-bond donors (Lipinski definition) is 1. The highest BCUT2D eigenvalue weighted by molar-refractivity contribution is 7.90. The molecule has 1 atom stereocenters. The minimum Gasteiger partial charge on any atom is -0.388 e. The van der Waals surface area contributed by atoms with E-state index in [2.05, 4.69) is 0 Å². The van der Waals surface area contributed by atoms with E-state index in [9.17, 15) is 22.3 Å². The second kappa shape index (κ2) is 4.88. The Morgan fingerprint density at radius 2 is 1.75 bits per heavy atom. The zero-order chi connectivity index (χ0) is 12.3. The van der Waals surface area contributed by atoms with E-state index in [1.165, 1.54) is 0 Å². The van der Waals surface area contributed by atoms with Crippen LogP contribution in [0.15, 0.2) is 18.2 Å². The van der Waals surface area contributed by atoms with Gasteiger partial charge in [-0.15, -0.1) is 0 Å². The lowest BCUT2D eigenvalue weighted by Crippen LogP contribution is -2.08. The van der Waals surface area contributed by atoms with E-state index in [0.29, 0.717) is 6.07 Å². The molecule has 0 aliphatic heterocycles. The van der Waals surface area contributed by atoms with Gasteiger partial charge in [-0.2, -0.15) is 0 Å². The lowest BCUT2D eigenvalue weighted by atomic mass is 10.1. The van der Waals surface area contributed by atoms with Crippen LogP contribution >= 0.6 is 0 Å². The Labute approximate surface area is 92.6 Å². The van der Waals surface area contributed by atoms with E-state index in [4.69, 9.17) is 0 Å². The minimum atomic E-state index is -3.19. The summed E-state index contributed by atoms with van der Waals surface area (Å²) in [5.41, 5.74) is 0.0427. The van der Waals surface area contributed by atoms with Gasteiger partial charge in [0.15, 0.2) is 0 Å². The Morgan fingerprint density at radius 3 is 2.19 bits per heavy atom. The van der Waals surface area contributed by atoms with Crippen molar-refractivity contribution in [2.24, 2.45) is 0 Å². The first kappa shape index (κ1) is 13.1. The lowest BCUT2D eigenvalue weighted by Gasteiger charge is -2.10. The zero-order valence-electron chi connectivity index (χ0n) is 8.65. The highest BCUT2D eigenvalue weighted by Gasteiger charge is 2.13. The zero-order valence-corrected chi connectivity index (χ0v) is 9.47. The maximum Gasteiger partial charge on any atom is 0.147 e. The summed E-state index contributed by atoms with van der Waals surface area (Å²) in [4.78, 5) is 0. The van der Waals surface area contributed by atoms with Crippen molar-refractivity contribution >= 4 is 9.84 Å². The summed E-state index contributed by atoms with van der Waals surface area (Å²) in [5, 5.41) is 9.53. The molecule has 1 aromatic rings. The van der Waals surface area contributed by atoms with Crippen molar-refractivity contribution in [3.8, 4) is 0 Å². The Morgan fingerprint density at radius 1 is 1.25 bits per heavy atom. The molecule has 1 N–H and O–H groups in total. The molecule has 0 saturated carbocycles. The Hall–Kier alpha value is -1.01. The summed E-state index contributed by atoms with van der Waals surface area (Å²) in [6, 6.07) is 2.65. The third kappa shape index (κ3) is 4.24. The number of benzene rings is 1. The van der Waals surface area contributed by atoms with Gasteiger partial charge in [-0.3, -0.25) is 0 Å². The highest BCUT2D eigenvalue weighted by atomic mass is 32.2. The third-order valence-electron chi connectivity index (χ3n) is 2.03. The first-order chi connectivity index (χ1) is 7.28. The summed E-state index contributed by atoms with van der Waals surface area (Å²) < 4.78 is 47.3. The normalized spacial score (nSPS) is 13.8. The quantitative estimate of drug-likeness (QED) is 0.879. The van der Waals surface area contributed by atoms with Crippen molar-refractivity contribution in [2.75, 3.05) is 12.0 Å². The van der Waals surface area contributed by atoms with E-state index in [1.54, 1.807) is 0 Å². The largest absolute Gasteiger partial charge is 0.388 e. The van der Waals surface area contributed by atoms with Crippen LogP contribution in [0.5, 0.6) is 0 Å². The Kier molecular flexibility index (Phi) is 3.98. The van der Waals surface area contributed by atoms with Gasteiger partial charge >= 0.3 is 0 Å². The van der Waals surface area contributed by atoms with Crippen molar-refractivity contribution in [1.29, 1.82) is 0 Å². The number of hydrogen-bond acceptors (Lipinski definition) is 3. The Balaban J connectivity index is 2.76. The first-order valence-electron chi connectivity index (χ1n) is 4.60. The second-order valence-electron chi connectivity index (χ2n) is 3.64. The number of sulfone groups is 1. The summed E-state index contributed by atoms with van der Waals surface area (Å²) in [7, 11) is -3.19. The van der Waals surface area contributed by atoms with Crippen LogP contribution in [0.25, 0.3) is 0 Å². The molecule has 90 valence electrons. The van der Waals surface area contributed by atoms with Crippen molar-refractivity contribution in [3.05, 3.63) is 35.4 Å². The topological polar surface area (TPSA) is 54.4 Å². The summed E-state index contributed by atoms with van der Waals surface area (Å²) in [6.07, 6.45) is -0.229. The molecule has 1 aromatic carbocycles. The molecule has 0 aliphatic carbocycles. The van der Waals surface area contributed by atoms with Gasteiger partial charge in [0, 0.05) is 12.3 Å². The smallest absolute Gasteiger partial charge is 0.147 e. The van der Waals surface area contributed by atoms with Crippen molar-refractivity contribution < 1.29 is 22.3 Å². The SMILES string of the molecule is CS(=O)(=O)CCC(O)c1cc(F)cc(F)c1. The maximum atomic E-state index is 12.8. The Bertz CT molecular complexity index is 451. The molecule has 0 radical (unpaired) electrons. The molecule has 0 aromatic heterocycles. The van der Waals surface area contributed by atoms with Crippen LogP contribution in [-0.2, 0) is 9.84 Å². The molecular formula is C10H12F2O3S. The molecule has 0 amide bonds. The third-order valence-corrected chi connectivity index (χ3v) is 3.01. The van der Waals surface area contributed by atoms with Gasteiger partial charge in [0.1, 0.15) is 21.5 Å². The number of aliphatic hydroxyl groups is 1. The van der Waals surface area contributed by atoms with Gasteiger partial charge in [0.2, 0.25) is 0 Å². The van der Waals surface area contributed by atoms with Gasteiger partial charge < -0.3 is 5.11 Å².